The summed E-state index contributed by atoms with van der Waals surface area (Å²) in [6.45, 7) is 3.81. The standard InChI is InChI=1S/C29H22F8O2/c1-2-16-3-5-17(6-4-16)18-7-10-21(23(30)13-18)19-8-11-22(24(31)14-19)29(36,37)39-20-9-12-26(25(32)15-20)38-28(35)27(33)34/h2,7-17H,1,3-6H2. The van der Waals surface area contributed by atoms with Gasteiger partial charge in [0, 0.05) is 11.6 Å². The number of benzene rings is 3. The van der Waals surface area contributed by atoms with Crippen LogP contribution in [0, 0.1) is 23.4 Å². The topological polar surface area (TPSA) is 18.5 Å². The predicted octanol–water partition coefficient (Wildman–Crippen LogP) is 9.77. The number of halogens is 8. The first-order valence-electron chi connectivity index (χ1n) is 12.0. The molecule has 0 radical (unpaired) electrons. The number of hydrogen-bond acceptors (Lipinski definition) is 2. The van der Waals surface area contributed by atoms with Crippen LogP contribution in [0.3, 0.4) is 0 Å². The third-order valence-electron chi connectivity index (χ3n) is 6.66. The Morgan fingerprint density at radius 3 is 2.13 bits per heavy atom. The Kier molecular flexibility index (Phi) is 8.32. The van der Waals surface area contributed by atoms with Crippen LogP contribution in [0.5, 0.6) is 11.5 Å². The molecule has 206 valence electrons. The molecule has 10 heteroatoms. The fraction of sp³-hybridized carbons (Fsp3) is 0.241. The summed E-state index contributed by atoms with van der Waals surface area (Å²) in [5, 5.41) is 0. The average Bonchev–Trinajstić information content (AvgIpc) is 2.89. The number of hydrogen-bond donors (Lipinski definition) is 0. The minimum atomic E-state index is -4.31. The molecular weight excluding hydrogens is 532 g/mol. The van der Waals surface area contributed by atoms with Crippen LogP contribution in [0.4, 0.5) is 35.1 Å². The van der Waals surface area contributed by atoms with E-state index in [0.717, 1.165) is 43.4 Å². The van der Waals surface area contributed by atoms with E-state index in [9.17, 15) is 35.1 Å². The van der Waals surface area contributed by atoms with Crippen molar-refractivity contribution in [3.63, 3.8) is 0 Å². The predicted molar refractivity (Wildman–Crippen MR) is 129 cm³/mol. The first-order chi connectivity index (χ1) is 18.5. The third-order valence-corrected chi connectivity index (χ3v) is 6.66. The van der Waals surface area contributed by atoms with E-state index < -0.39 is 52.7 Å². The molecule has 2 nitrogen and oxygen atoms in total. The molecule has 1 saturated carbocycles. The Labute approximate surface area is 219 Å². The van der Waals surface area contributed by atoms with Crippen LogP contribution in [0.2, 0.25) is 0 Å². The zero-order valence-electron chi connectivity index (χ0n) is 20.3. The SMILES string of the molecule is C=CC1CCC(c2ccc(-c3ccc(C(F)(F)Oc4ccc(OC(F)=C(F)F)c(F)c4)c(F)c3)c(F)c2)CC1. The van der Waals surface area contributed by atoms with Crippen LogP contribution in [0.15, 0.2) is 79.3 Å². The van der Waals surface area contributed by atoms with Crippen molar-refractivity contribution in [2.75, 3.05) is 0 Å². The van der Waals surface area contributed by atoms with E-state index in [0.29, 0.717) is 30.2 Å². The third kappa shape index (κ3) is 6.43. The van der Waals surface area contributed by atoms with E-state index in [-0.39, 0.29) is 17.0 Å². The van der Waals surface area contributed by atoms with E-state index in [1.807, 2.05) is 6.08 Å². The van der Waals surface area contributed by atoms with Gasteiger partial charge < -0.3 is 9.47 Å². The maximum atomic E-state index is 15.0. The quantitative estimate of drug-likeness (QED) is 0.157. The molecule has 39 heavy (non-hydrogen) atoms. The van der Waals surface area contributed by atoms with Crippen molar-refractivity contribution in [2.45, 2.75) is 37.7 Å². The lowest BCUT2D eigenvalue weighted by Crippen LogP contribution is -2.23. The van der Waals surface area contributed by atoms with Gasteiger partial charge in [0.1, 0.15) is 17.4 Å². The second-order valence-electron chi connectivity index (χ2n) is 9.13. The molecule has 0 spiro atoms. The van der Waals surface area contributed by atoms with Gasteiger partial charge in [-0.15, -0.1) is 6.58 Å². The van der Waals surface area contributed by atoms with E-state index in [2.05, 4.69) is 16.1 Å². The van der Waals surface area contributed by atoms with Gasteiger partial charge in [0.2, 0.25) is 0 Å². The molecule has 0 aromatic heterocycles. The fourth-order valence-corrected chi connectivity index (χ4v) is 4.59. The number of rotatable bonds is 8. The Morgan fingerprint density at radius 1 is 0.821 bits per heavy atom. The molecule has 1 fully saturated rings. The van der Waals surface area contributed by atoms with Crippen molar-refractivity contribution in [3.05, 3.63) is 108 Å². The zero-order chi connectivity index (χ0) is 28.3. The van der Waals surface area contributed by atoms with Crippen molar-refractivity contribution in [1.82, 2.24) is 0 Å². The van der Waals surface area contributed by atoms with Gasteiger partial charge in [-0.2, -0.15) is 22.0 Å². The molecule has 4 rings (SSSR count). The summed E-state index contributed by atoms with van der Waals surface area (Å²) in [5.74, 6) is -4.71. The molecule has 0 N–H and O–H groups in total. The molecule has 0 bridgehead atoms. The second-order valence-corrected chi connectivity index (χ2v) is 9.13. The molecule has 0 atom stereocenters. The molecule has 0 amide bonds. The Balaban J connectivity index is 1.50. The molecule has 1 aliphatic carbocycles. The molecule has 0 unspecified atom stereocenters. The van der Waals surface area contributed by atoms with Crippen molar-refractivity contribution in [2.24, 2.45) is 5.92 Å². The highest BCUT2D eigenvalue weighted by atomic mass is 19.3. The minimum Gasteiger partial charge on any atom is -0.429 e. The first-order valence-corrected chi connectivity index (χ1v) is 12.0. The molecule has 3 aromatic rings. The monoisotopic (exact) mass is 554 g/mol. The number of alkyl halides is 2. The summed E-state index contributed by atoms with van der Waals surface area (Å²) in [4.78, 5) is 0. The molecule has 3 aromatic carbocycles. The van der Waals surface area contributed by atoms with Crippen molar-refractivity contribution >= 4 is 0 Å². The Bertz CT molecular complexity index is 1390. The van der Waals surface area contributed by atoms with Crippen molar-refractivity contribution < 1.29 is 44.6 Å². The molecule has 0 heterocycles. The van der Waals surface area contributed by atoms with E-state index in [1.165, 1.54) is 12.1 Å². The van der Waals surface area contributed by atoms with Crippen LogP contribution >= 0.6 is 0 Å². The van der Waals surface area contributed by atoms with Gasteiger partial charge in [0.05, 0.1) is 5.56 Å². The van der Waals surface area contributed by atoms with Crippen LogP contribution in [-0.2, 0) is 6.11 Å². The van der Waals surface area contributed by atoms with Gasteiger partial charge in [-0.1, -0.05) is 24.3 Å². The van der Waals surface area contributed by atoms with Gasteiger partial charge in [0.15, 0.2) is 11.6 Å². The first kappa shape index (κ1) is 28.2. The van der Waals surface area contributed by atoms with Gasteiger partial charge >= 0.3 is 18.2 Å². The van der Waals surface area contributed by atoms with Gasteiger partial charge in [0.25, 0.3) is 0 Å². The highest BCUT2D eigenvalue weighted by molar-refractivity contribution is 5.65. The molecular formula is C29H22F8O2. The van der Waals surface area contributed by atoms with Crippen LogP contribution in [-0.4, -0.2) is 0 Å². The van der Waals surface area contributed by atoms with Crippen LogP contribution in [0.1, 0.15) is 42.7 Å². The zero-order valence-corrected chi connectivity index (χ0v) is 20.3. The van der Waals surface area contributed by atoms with E-state index in [1.54, 1.807) is 6.07 Å². The Morgan fingerprint density at radius 2 is 1.54 bits per heavy atom. The number of ether oxygens (including phenoxy) is 2. The summed E-state index contributed by atoms with van der Waals surface area (Å²) >= 11 is 0. The van der Waals surface area contributed by atoms with Crippen molar-refractivity contribution in [1.29, 1.82) is 0 Å². The van der Waals surface area contributed by atoms with Gasteiger partial charge in [-0.3, -0.25) is 0 Å². The smallest absolute Gasteiger partial charge is 0.429 e. The molecule has 0 aliphatic heterocycles. The summed E-state index contributed by atoms with van der Waals surface area (Å²) in [7, 11) is 0. The number of allylic oxidation sites excluding steroid dienone is 1. The lowest BCUT2D eigenvalue weighted by molar-refractivity contribution is -0.187. The summed E-state index contributed by atoms with van der Waals surface area (Å²) in [6, 6.07) is 6.40. The largest absolute Gasteiger partial charge is 0.429 e. The van der Waals surface area contributed by atoms with E-state index in [4.69, 9.17) is 0 Å². The van der Waals surface area contributed by atoms with Crippen LogP contribution < -0.4 is 9.47 Å². The highest BCUT2D eigenvalue weighted by Crippen LogP contribution is 2.39. The van der Waals surface area contributed by atoms with Crippen molar-refractivity contribution in [3.8, 4) is 22.6 Å². The molecule has 1 aliphatic rings. The van der Waals surface area contributed by atoms with Gasteiger partial charge in [-0.05, 0) is 79.0 Å². The summed E-state index contributed by atoms with van der Waals surface area (Å²) in [5.41, 5.74) is -0.351. The fourth-order valence-electron chi connectivity index (χ4n) is 4.59. The maximum absolute atomic E-state index is 15.0. The average molecular weight is 554 g/mol. The summed E-state index contributed by atoms with van der Waals surface area (Å²) in [6.07, 6.45) is -1.53. The Hall–Kier alpha value is -3.82. The maximum Gasteiger partial charge on any atom is 0.429 e. The normalized spacial score (nSPS) is 17.4. The second kappa shape index (κ2) is 11.5. The summed E-state index contributed by atoms with van der Waals surface area (Å²) < 4.78 is 119. The molecule has 0 saturated heterocycles. The lowest BCUT2D eigenvalue weighted by atomic mass is 9.78. The lowest BCUT2D eigenvalue weighted by Gasteiger charge is -2.27. The van der Waals surface area contributed by atoms with Crippen LogP contribution in [0.25, 0.3) is 11.1 Å². The van der Waals surface area contributed by atoms with E-state index >= 15 is 0 Å². The highest BCUT2D eigenvalue weighted by Gasteiger charge is 2.38. The van der Waals surface area contributed by atoms with Gasteiger partial charge in [-0.25, -0.2) is 13.2 Å². The minimum absolute atomic E-state index is 0.0224.